The third-order valence-corrected chi connectivity index (χ3v) is 5.26. The fraction of sp³-hybridized carbons (Fsp3) is 0.227. The number of anilines is 1. The Kier molecular flexibility index (Phi) is 4.68. The summed E-state index contributed by atoms with van der Waals surface area (Å²) in [5, 5.41) is 0. The van der Waals surface area contributed by atoms with Crippen LogP contribution in [0.25, 0.3) is 0 Å². The van der Waals surface area contributed by atoms with Crippen molar-refractivity contribution < 1.29 is 19.1 Å². The van der Waals surface area contributed by atoms with Gasteiger partial charge in [-0.1, -0.05) is 36.4 Å². The zero-order valence-electron chi connectivity index (χ0n) is 16.2. The maximum absolute atomic E-state index is 13.1. The Labute approximate surface area is 168 Å². The maximum Gasteiger partial charge on any atom is 0.355 e. The summed E-state index contributed by atoms with van der Waals surface area (Å²) in [6.07, 6.45) is 1.36. The van der Waals surface area contributed by atoms with Crippen LogP contribution < -0.4 is 15.8 Å². The maximum atomic E-state index is 13.1. The van der Waals surface area contributed by atoms with Crippen molar-refractivity contribution in [2.75, 3.05) is 4.90 Å². The molecule has 0 aliphatic carbocycles. The van der Waals surface area contributed by atoms with Crippen LogP contribution in [0.2, 0.25) is 0 Å². The fourth-order valence-corrected chi connectivity index (χ4v) is 3.45. The lowest BCUT2D eigenvalue weighted by Gasteiger charge is -2.20. The second-order valence-corrected chi connectivity index (χ2v) is 7.32. The molecule has 7 nitrogen and oxygen atoms in total. The van der Waals surface area contributed by atoms with Crippen molar-refractivity contribution in [1.82, 2.24) is 10.9 Å². The molecule has 2 aliphatic heterocycles. The second kappa shape index (κ2) is 7.18. The molecule has 7 heteroatoms. The van der Waals surface area contributed by atoms with E-state index >= 15 is 0 Å². The molecule has 1 atom stereocenters. The summed E-state index contributed by atoms with van der Waals surface area (Å²) in [6.45, 7) is 4.01. The van der Waals surface area contributed by atoms with Gasteiger partial charge in [0.1, 0.15) is 17.8 Å². The number of rotatable bonds is 4. The smallest absolute Gasteiger partial charge is 0.355 e. The summed E-state index contributed by atoms with van der Waals surface area (Å²) in [5.74, 6) is -1.35. The van der Waals surface area contributed by atoms with Gasteiger partial charge < -0.3 is 10.2 Å². The Morgan fingerprint density at radius 3 is 2.59 bits per heavy atom. The number of amides is 2. The molecule has 1 fully saturated rings. The summed E-state index contributed by atoms with van der Waals surface area (Å²) in [6, 6.07) is 14.7. The SMILES string of the molecule is Cc1ccc(N2C(=O)C[C@@]3(C=C(C(=O)OCc4ccccc4)NN3)C2=O)cc1C. The highest BCUT2D eigenvalue weighted by Crippen LogP contribution is 2.33. The molecule has 2 aromatic carbocycles. The van der Waals surface area contributed by atoms with Crippen molar-refractivity contribution in [1.29, 1.82) is 0 Å². The van der Waals surface area contributed by atoms with E-state index in [9.17, 15) is 14.4 Å². The average molecular weight is 391 g/mol. The molecule has 0 aromatic heterocycles. The predicted octanol–water partition coefficient (Wildman–Crippen LogP) is 2.04. The lowest BCUT2D eigenvalue weighted by Crippen LogP contribution is -2.51. The Morgan fingerprint density at radius 2 is 1.86 bits per heavy atom. The van der Waals surface area contributed by atoms with E-state index in [1.165, 1.54) is 6.08 Å². The third kappa shape index (κ3) is 3.40. The number of carbonyl (C=O) groups is 3. The molecule has 1 saturated heterocycles. The van der Waals surface area contributed by atoms with Crippen LogP contribution in [0.15, 0.2) is 60.3 Å². The molecule has 2 amide bonds. The summed E-state index contributed by atoms with van der Waals surface area (Å²) in [5.41, 5.74) is 7.78. The number of esters is 1. The van der Waals surface area contributed by atoms with Crippen LogP contribution in [0.1, 0.15) is 23.1 Å². The molecule has 1 spiro atoms. The van der Waals surface area contributed by atoms with E-state index in [1.54, 1.807) is 6.07 Å². The second-order valence-electron chi connectivity index (χ2n) is 7.32. The van der Waals surface area contributed by atoms with E-state index in [1.807, 2.05) is 56.3 Å². The van der Waals surface area contributed by atoms with Crippen molar-refractivity contribution >= 4 is 23.5 Å². The lowest BCUT2D eigenvalue weighted by atomic mass is 9.98. The van der Waals surface area contributed by atoms with E-state index in [2.05, 4.69) is 10.9 Å². The molecular weight excluding hydrogens is 370 g/mol. The van der Waals surface area contributed by atoms with E-state index in [0.717, 1.165) is 21.6 Å². The number of nitrogens with zero attached hydrogens (tertiary/aromatic N) is 1. The van der Waals surface area contributed by atoms with Gasteiger partial charge in [0.05, 0.1) is 12.1 Å². The number of hydrogen-bond acceptors (Lipinski definition) is 6. The van der Waals surface area contributed by atoms with Crippen LogP contribution in [0.5, 0.6) is 0 Å². The van der Waals surface area contributed by atoms with Crippen LogP contribution in [-0.4, -0.2) is 23.3 Å². The quantitative estimate of drug-likeness (QED) is 0.613. The first kappa shape index (κ1) is 18.9. The van der Waals surface area contributed by atoms with Crippen molar-refractivity contribution in [2.24, 2.45) is 0 Å². The molecule has 148 valence electrons. The molecule has 4 rings (SSSR count). The Bertz CT molecular complexity index is 1030. The highest BCUT2D eigenvalue weighted by atomic mass is 16.5. The largest absolute Gasteiger partial charge is 0.456 e. The molecular formula is C22H21N3O4. The van der Waals surface area contributed by atoms with Gasteiger partial charge in [0.2, 0.25) is 5.91 Å². The van der Waals surface area contributed by atoms with Crippen LogP contribution in [-0.2, 0) is 25.7 Å². The average Bonchev–Trinajstić information content (AvgIpc) is 3.24. The zero-order valence-corrected chi connectivity index (χ0v) is 16.2. The topological polar surface area (TPSA) is 87.7 Å². The number of ether oxygens (including phenoxy) is 1. The van der Waals surface area contributed by atoms with E-state index < -0.39 is 17.4 Å². The normalized spacial score (nSPS) is 20.8. The van der Waals surface area contributed by atoms with Crippen molar-refractivity contribution in [2.45, 2.75) is 32.4 Å². The van der Waals surface area contributed by atoms with Gasteiger partial charge in [-0.15, -0.1) is 0 Å². The summed E-state index contributed by atoms with van der Waals surface area (Å²) < 4.78 is 5.30. The molecule has 0 bridgehead atoms. The Morgan fingerprint density at radius 1 is 1.10 bits per heavy atom. The van der Waals surface area contributed by atoms with Gasteiger partial charge in [-0.2, -0.15) is 0 Å². The van der Waals surface area contributed by atoms with Crippen LogP contribution in [0, 0.1) is 13.8 Å². The fourth-order valence-electron chi connectivity index (χ4n) is 3.45. The standard InChI is InChI=1S/C22H21N3O4/c1-14-8-9-17(10-15(14)2)25-19(26)12-22(21(25)28)11-18(23-24-22)20(27)29-13-16-6-4-3-5-7-16/h3-11,23-24H,12-13H2,1-2H3/t22-/m0/s1. The predicted molar refractivity (Wildman–Crippen MR) is 106 cm³/mol. The van der Waals surface area contributed by atoms with Crippen LogP contribution >= 0.6 is 0 Å². The Hall–Kier alpha value is -3.45. The minimum atomic E-state index is -1.29. The number of hydrogen-bond donors (Lipinski definition) is 2. The number of benzene rings is 2. The molecule has 2 aromatic rings. The van der Waals surface area contributed by atoms with Gasteiger partial charge in [0.15, 0.2) is 0 Å². The molecule has 0 saturated carbocycles. The van der Waals surface area contributed by atoms with E-state index in [0.29, 0.717) is 5.69 Å². The van der Waals surface area contributed by atoms with Gasteiger partial charge >= 0.3 is 5.97 Å². The Balaban J connectivity index is 1.52. The number of hydrazine groups is 1. The monoisotopic (exact) mass is 391 g/mol. The minimum absolute atomic E-state index is 0.0821. The van der Waals surface area contributed by atoms with Gasteiger partial charge in [-0.25, -0.2) is 15.1 Å². The van der Waals surface area contributed by atoms with Crippen LogP contribution in [0.4, 0.5) is 5.69 Å². The van der Waals surface area contributed by atoms with Crippen LogP contribution in [0.3, 0.4) is 0 Å². The molecule has 29 heavy (non-hydrogen) atoms. The number of imide groups is 1. The van der Waals surface area contributed by atoms with Crippen molar-refractivity contribution in [3.8, 4) is 0 Å². The van der Waals surface area contributed by atoms with Gasteiger partial charge in [-0.05, 0) is 48.7 Å². The lowest BCUT2D eigenvalue weighted by molar-refractivity contribution is -0.140. The molecule has 2 N–H and O–H groups in total. The molecule has 0 unspecified atom stereocenters. The number of aryl methyl sites for hydroxylation is 2. The molecule has 2 aliphatic rings. The van der Waals surface area contributed by atoms with Gasteiger partial charge in [0.25, 0.3) is 5.91 Å². The van der Waals surface area contributed by atoms with Crippen molar-refractivity contribution in [3.05, 3.63) is 77.0 Å². The summed E-state index contributed by atoms with van der Waals surface area (Å²) in [4.78, 5) is 39.3. The third-order valence-electron chi connectivity index (χ3n) is 5.26. The molecule has 2 heterocycles. The first-order chi connectivity index (χ1) is 13.9. The number of carbonyl (C=O) groups excluding carboxylic acids is 3. The highest BCUT2D eigenvalue weighted by Gasteiger charge is 2.54. The summed E-state index contributed by atoms with van der Waals surface area (Å²) >= 11 is 0. The van der Waals surface area contributed by atoms with E-state index in [-0.39, 0.29) is 24.6 Å². The first-order valence-electron chi connectivity index (χ1n) is 9.31. The van der Waals surface area contributed by atoms with Gasteiger partial charge in [0, 0.05) is 0 Å². The molecule has 0 radical (unpaired) electrons. The van der Waals surface area contributed by atoms with Crippen molar-refractivity contribution in [3.63, 3.8) is 0 Å². The highest BCUT2D eigenvalue weighted by molar-refractivity contribution is 6.25. The first-order valence-corrected chi connectivity index (χ1v) is 9.31. The van der Waals surface area contributed by atoms with E-state index in [4.69, 9.17) is 4.74 Å². The summed E-state index contributed by atoms with van der Waals surface area (Å²) in [7, 11) is 0. The van der Waals surface area contributed by atoms with Gasteiger partial charge in [-0.3, -0.25) is 9.59 Å². The minimum Gasteiger partial charge on any atom is -0.456 e. The zero-order chi connectivity index (χ0) is 20.6. The number of nitrogens with one attached hydrogen (secondary N) is 2.